The highest BCUT2D eigenvalue weighted by Crippen LogP contribution is 2.36. The lowest BCUT2D eigenvalue weighted by Gasteiger charge is -2.13. The van der Waals surface area contributed by atoms with Crippen LogP contribution in [-0.2, 0) is 17.5 Å². The van der Waals surface area contributed by atoms with E-state index in [9.17, 15) is 22.8 Å². The zero-order chi connectivity index (χ0) is 22.6. The van der Waals surface area contributed by atoms with Crippen LogP contribution >= 0.6 is 23.4 Å². The van der Waals surface area contributed by atoms with E-state index in [0.29, 0.717) is 17.3 Å². The van der Waals surface area contributed by atoms with Crippen LogP contribution in [-0.4, -0.2) is 32.9 Å². The number of aliphatic hydroxyl groups excluding tert-OH is 1. The highest BCUT2D eigenvalue weighted by molar-refractivity contribution is 7.99. The molecule has 6 nitrogen and oxygen atoms in total. The number of alkyl halides is 3. The van der Waals surface area contributed by atoms with Crippen LogP contribution in [0.5, 0.6) is 0 Å². The van der Waals surface area contributed by atoms with Gasteiger partial charge < -0.3 is 10.4 Å². The summed E-state index contributed by atoms with van der Waals surface area (Å²) >= 11 is 6.56. The van der Waals surface area contributed by atoms with Crippen molar-refractivity contribution in [2.24, 2.45) is 0 Å². The maximum Gasteiger partial charge on any atom is 0.417 e. The summed E-state index contributed by atoms with van der Waals surface area (Å²) in [6.07, 6.45) is -4.32. The van der Waals surface area contributed by atoms with Crippen LogP contribution in [0, 0.1) is 0 Å². The number of carbonyl (C=O) groups excluding carboxylic acids is 1. The number of aliphatic hydroxyl groups is 1. The molecule has 0 aliphatic carbocycles. The highest BCUT2D eigenvalue weighted by atomic mass is 35.5. The average molecular weight is 472 g/mol. The first kappa shape index (κ1) is 23.1. The number of rotatable bonds is 7. The summed E-state index contributed by atoms with van der Waals surface area (Å²) in [7, 11) is 0. The fourth-order valence-corrected chi connectivity index (χ4v) is 3.88. The van der Waals surface area contributed by atoms with Crippen molar-refractivity contribution in [2.75, 3.05) is 17.7 Å². The third-order valence-electron chi connectivity index (χ3n) is 4.25. The third kappa shape index (κ3) is 5.57. The maximum atomic E-state index is 13.0. The fourth-order valence-electron chi connectivity index (χ4n) is 2.83. The van der Waals surface area contributed by atoms with Gasteiger partial charge in [0.15, 0.2) is 5.16 Å². The van der Waals surface area contributed by atoms with Crippen LogP contribution in [0.2, 0.25) is 5.02 Å². The lowest BCUT2D eigenvalue weighted by Crippen LogP contribution is -2.24. The number of aromatic nitrogens is 2. The molecule has 164 valence electrons. The Morgan fingerprint density at radius 1 is 1.23 bits per heavy atom. The Hall–Kier alpha value is -2.56. The van der Waals surface area contributed by atoms with Gasteiger partial charge in [-0.15, -0.1) is 0 Å². The van der Waals surface area contributed by atoms with Crippen LogP contribution in [0.15, 0.2) is 52.4 Å². The molecule has 31 heavy (non-hydrogen) atoms. The van der Waals surface area contributed by atoms with Crippen LogP contribution < -0.4 is 10.9 Å². The standard InChI is InChI=1S/C20H17ClF3N3O3S/c21-15-7-6-12(10-14(15)20(22,23)24)25-17(29)11-31-19-26-16-5-2-1-4-13(16)18(30)27(19)8-3-9-28/h1-2,4-7,10,28H,3,8-9,11H2,(H,25,29). The monoisotopic (exact) mass is 471 g/mol. The van der Waals surface area contributed by atoms with Crippen molar-refractivity contribution < 1.29 is 23.1 Å². The molecule has 3 aromatic rings. The number of hydrogen-bond donors (Lipinski definition) is 2. The van der Waals surface area contributed by atoms with E-state index in [0.717, 1.165) is 23.9 Å². The van der Waals surface area contributed by atoms with Crippen LogP contribution in [0.3, 0.4) is 0 Å². The number of halogens is 4. The molecule has 2 aromatic carbocycles. The maximum absolute atomic E-state index is 13.0. The lowest BCUT2D eigenvalue weighted by molar-refractivity contribution is -0.137. The van der Waals surface area contributed by atoms with E-state index in [1.165, 1.54) is 10.6 Å². The third-order valence-corrected chi connectivity index (χ3v) is 5.56. The first-order valence-electron chi connectivity index (χ1n) is 9.10. The average Bonchev–Trinajstić information content (AvgIpc) is 2.72. The van der Waals surface area contributed by atoms with Gasteiger partial charge in [0.25, 0.3) is 5.56 Å². The van der Waals surface area contributed by atoms with Crippen molar-refractivity contribution >= 4 is 45.9 Å². The minimum atomic E-state index is -4.65. The van der Waals surface area contributed by atoms with E-state index in [1.54, 1.807) is 24.3 Å². The summed E-state index contributed by atoms with van der Waals surface area (Å²) in [5.41, 5.74) is -0.933. The van der Waals surface area contributed by atoms with Crippen molar-refractivity contribution in [1.82, 2.24) is 9.55 Å². The minimum Gasteiger partial charge on any atom is -0.396 e. The van der Waals surface area contributed by atoms with Crippen molar-refractivity contribution in [3.05, 3.63) is 63.4 Å². The molecule has 0 fully saturated rings. The number of amides is 1. The van der Waals surface area contributed by atoms with E-state index in [-0.39, 0.29) is 35.3 Å². The molecular weight excluding hydrogens is 455 g/mol. The van der Waals surface area contributed by atoms with Crippen molar-refractivity contribution in [3.8, 4) is 0 Å². The Morgan fingerprint density at radius 2 is 1.97 bits per heavy atom. The second kappa shape index (κ2) is 9.71. The number of benzene rings is 2. The van der Waals surface area contributed by atoms with Crippen LogP contribution in [0.4, 0.5) is 18.9 Å². The second-order valence-corrected chi connectivity index (χ2v) is 7.82. The van der Waals surface area contributed by atoms with Gasteiger partial charge in [0.05, 0.1) is 27.2 Å². The van der Waals surface area contributed by atoms with E-state index in [1.807, 2.05) is 0 Å². The topological polar surface area (TPSA) is 84.2 Å². The van der Waals surface area contributed by atoms with Gasteiger partial charge in [-0.2, -0.15) is 13.2 Å². The van der Waals surface area contributed by atoms with Gasteiger partial charge in [-0.1, -0.05) is 35.5 Å². The second-order valence-electron chi connectivity index (χ2n) is 6.47. The first-order valence-corrected chi connectivity index (χ1v) is 10.5. The summed E-state index contributed by atoms with van der Waals surface area (Å²) < 4.78 is 40.3. The fraction of sp³-hybridized carbons (Fsp3) is 0.250. The normalized spacial score (nSPS) is 11.6. The molecular formula is C20H17ClF3N3O3S. The molecule has 0 aliphatic heterocycles. The number of carbonyl (C=O) groups is 1. The number of thioether (sulfide) groups is 1. The molecule has 2 N–H and O–H groups in total. The summed E-state index contributed by atoms with van der Waals surface area (Å²) in [5, 5.41) is 11.7. The molecule has 11 heteroatoms. The molecule has 1 aromatic heterocycles. The number of para-hydroxylation sites is 1. The minimum absolute atomic E-state index is 0.0496. The van der Waals surface area contributed by atoms with E-state index in [4.69, 9.17) is 16.7 Å². The Labute approximate surface area is 184 Å². The zero-order valence-electron chi connectivity index (χ0n) is 15.9. The predicted octanol–water partition coefficient (Wildman–Crippen LogP) is 4.18. The van der Waals surface area contributed by atoms with Crippen LogP contribution in [0.1, 0.15) is 12.0 Å². The summed E-state index contributed by atoms with van der Waals surface area (Å²) in [6.45, 7) is 0.0885. The predicted molar refractivity (Wildman–Crippen MR) is 114 cm³/mol. The molecule has 0 atom stereocenters. The number of nitrogens with one attached hydrogen (secondary N) is 1. The summed E-state index contributed by atoms with van der Waals surface area (Å²) in [6, 6.07) is 9.84. The molecule has 0 bridgehead atoms. The van der Waals surface area contributed by atoms with Gasteiger partial charge >= 0.3 is 6.18 Å². The molecule has 0 spiro atoms. The summed E-state index contributed by atoms with van der Waals surface area (Å²) in [5.74, 6) is -0.759. The summed E-state index contributed by atoms with van der Waals surface area (Å²) in [4.78, 5) is 29.5. The molecule has 0 unspecified atom stereocenters. The van der Waals surface area contributed by atoms with Gasteiger partial charge in [0, 0.05) is 18.8 Å². The van der Waals surface area contributed by atoms with Gasteiger partial charge in [-0.05, 0) is 36.8 Å². The van der Waals surface area contributed by atoms with Crippen molar-refractivity contribution in [2.45, 2.75) is 24.3 Å². The quantitative estimate of drug-likeness (QED) is 0.399. The van der Waals surface area contributed by atoms with Gasteiger partial charge in [-0.3, -0.25) is 14.2 Å². The molecule has 0 aliphatic rings. The van der Waals surface area contributed by atoms with Gasteiger partial charge in [0.1, 0.15) is 0 Å². The zero-order valence-corrected chi connectivity index (χ0v) is 17.5. The van der Waals surface area contributed by atoms with E-state index in [2.05, 4.69) is 10.3 Å². The number of fused-ring (bicyclic) bond motifs is 1. The molecule has 3 rings (SSSR count). The molecule has 0 saturated heterocycles. The molecule has 1 amide bonds. The first-order chi connectivity index (χ1) is 14.7. The number of hydrogen-bond acceptors (Lipinski definition) is 5. The highest BCUT2D eigenvalue weighted by Gasteiger charge is 2.33. The van der Waals surface area contributed by atoms with Gasteiger partial charge in [-0.25, -0.2) is 4.98 Å². The van der Waals surface area contributed by atoms with E-state index < -0.39 is 22.7 Å². The molecule has 0 saturated carbocycles. The smallest absolute Gasteiger partial charge is 0.396 e. The Bertz CT molecular complexity index is 1170. The lowest BCUT2D eigenvalue weighted by atomic mass is 10.2. The SMILES string of the molecule is O=C(CSc1nc2ccccc2c(=O)n1CCCO)Nc1ccc(Cl)c(C(F)(F)F)c1. The largest absolute Gasteiger partial charge is 0.417 e. The van der Waals surface area contributed by atoms with E-state index >= 15 is 0 Å². The van der Waals surface area contributed by atoms with Crippen LogP contribution in [0.25, 0.3) is 10.9 Å². The van der Waals surface area contributed by atoms with Crippen molar-refractivity contribution in [3.63, 3.8) is 0 Å². The number of anilines is 1. The molecule has 0 radical (unpaired) electrons. The van der Waals surface area contributed by atoms with Gasteiger partial charge in [0.2, 0.25) is 5.91 Å². The van der Waals surface area contributed by atoms with Crippen molar-refractivity contribution in [1.29, 1.82) is 0 Å². The Kier molecular flexibility index (Phi) is 7.24. The molecule has 1 heterocycles. The Balaban J connectivity index is 1.79. The Morgan fingerprint density at radius 3 is 2.68 bits per heavy atom. The number of nitrogens with zero attached hydrogens (tertiary/aromatic N) is 2.